The third-order valence-corrected chi connectivity index (χ3v) is 7.67. The van der Waals surface area contributed by atoms with Crippen LogP contribution in [0.2, 0.25) is 0 Å². The Balaban J connectivity index is 1.16. The van der Waals surface area contributed by atoms with Crippen LogP contribution in [0.25, 0.3) is 21.5 Å². The van der Waals surface area contributed by atoms with Crippen LogP contribution in [0.15, 0.2) is 72.9 Å². The van der Waals surface area contributed by atoms with E-state index in [9.17, 15) is 8.78 Å². The van der Waals surface area contributed by atoms with Crippen LogP contribution in [0.5, 0.6) is 0 Å². The average Bonchev–Trinajstić information content (AvgIpc) is 3.36. The Morgan fingerprint density at radius 3 is 2.28 bits per heavy atom. The maximum atomic E-state index is 13.5. The number of nitrogens with one attached hydrogen (secondary N) is 2. The van der Waals surface area contributed by atoms with Crippen molar-refractivity contribution in [3.05, 3.63) is 90.1 Å². The minimum Gasteiger partial charge on any atom is -0.373 e. The number of pyridine rings is 2. The highest BCUT2D eigenvalue weighted by Crippen LogP contribution is 2.35. The Morgan fingerprint density at radius 1 is 0.846 bits per heavy atom. The van der Waals surface area contributed by atoms with Gasteiger partial charge >= 0.3 is 0 Å². The zero-order valence-electron chi connectivity index (χ0n) is 21.4. The molecule has 1 fully saturated rings. The van der Waals surface area contributed by atoms with Crippen LogP contribution >= 0.6 is 11.3 Å². The smallest absolute Gasteiger partial charge is 0.190 e. The number of nitrogens with zero attached hydrogens (tertiary/aromatic N) is 5. The van der Waals surface area contributed by atoms with E-state index in [1.165, 1.54) is 35.6 Å². The first kappa shape index (κ1) is 25.1. The zero-order chi connectivity index (χ0) is 26.8. The van der Waals surface area contributed by atoms with Crippen molar-refractivity contribution in [1.82, 2.24) is 19.9 Å². The summed E-state index contributed by atoms with van der Waals surface area (Å²) in [5.74, 6) is 0.947. The molecule has 2 aromatic carbocycles. The summed E-state index contributed by atoms with van der Waals surface area (Å²) in [5.41, 5.74) is 4.72. The van der Waals surface area contributed by atoms with Gasteiger partial charge in [0, 0.05) is 57.2 Å². The fourth-order valence-corrected chi connectivity index (χ4v) is 5.64. The molecule has 4 heterocycles. The van der Waals surface area contributed by atoms with Gasteiger partial charge in [0.1, 0.15) is 33.6 Å². The summed E-state index contributed by atoms with van der Waals surface area (Å²) in [6.45, 7) is 4.45. The van der Waals surface area contributed by atoms with Crippen molar-refractivity contribution in [3.8, 4) is 11.1 Å². The van der Waals surface area contributed by atoms with Gasteiger partial charge in [0.05, 0.1) is 0 Å². The Hall–Kier alpha value is -4.15. The van der Waals surface area contributed by atoms with Crippen molar-refractivity contribution in [2.45, 2.75) is 6.54 Å². The van der Waals surface area contributed by atoms with Gasteiger partial charge in [-0.1, -0.05) is 23.5 Å². The number of fused-ring (bicyclic) bond motifs is 1. The molecule has 1 aliphatic rings. The van der Waals surface area contributed by atoms with Gasteiger partial charge < -0.3 is 15.5 Å². The van der Waals surface area contributed by atoms with Crippen molar-refractivity contribution >= 4 is 44.1 Å². The van der Waals surface area contributed by atoms with E-state index in [0.717, 1.165) is 71.3 Å². The molecule has 5 aromatic rings. The molecule has 0 atom stereocenters. The van der Waals surface area contributed by atoms with E-state index in [1.807, 2.05) is 37.4 Å². The molecule has 39 heavy (non-hydrogen) atoms. The Kier molecular flexibility index (Phi) is 7.04. The first-order valence-electron chi connectivity index (χ1n) is 12.7. The molecule has 2 N–H and O–H groups in total. The number of hydrogen-bond acceptors (Lipinski definition) is 8. The van der Waals surface area contributed by atoms with Gasteiger partial charge in [-0.05, 0) is 65.7 Å². The highest BCUT2D eigenvalue weighted by molar-refractivity contribution is 7.21. The molecule has 0 radical (unpaired) electrons. The first-order valence-corrected chi connectivity index (χ1v) is 13.6. The number of aromatic nitrogens is 3. The van der Waals surface area contributed by atoms with Crippen LogP contribution in [0.1, 0.15) is 5.56 Å². The summed E-state index contributed by atoms with van der Waals surface area (Å²) in [5, 5.41) is 7.13. The molecular formula is C29H27F2N7S. The number of hydrogen-bond donors (Lipinski definition) is 2. The fourth-order valence-electron chi connectivity index (χ4n) is 4.77. The standard InChI is InChI=1S/C29H27F2N7S/c1-32-25-17-24(20-2-4-21(30)5-3-20)27-28(34-25)39-29(36-27)35-26-16-19(10-11-33-26)18-37-12-14-38(15-13-37)23-8-6-22(31)7-9-23/h2-11,16-17H,12-15,18H2,1H3,(H,32,34)(H,33,35,36). The molecule has 1 aliphatic heterocycles. The van der Waals surface area contributed by atoms with E-state index in [1.54, 1.807) is 18.3 Å². The minimum absolute atomic E-state index is 0.211. The van der Waals surface area contributed by atoms with Gasteiger partial charge in [-0.2, -0.15) is 0 Å². The number of anilines is 4. The number of benzene rings is 2. The maximum absolute atomic E-state index is 13.5. The van der Waals surface area contributed by atoms with E-state index in [4.69, 9.17) is 4.98 Å². The molecule has 1 saturated heterocycles. The Labute approximate surface area is 229 Å². The van der Waals surface area contributed by atoms with Gasteiger partial charge in [-0.3, -0.25) is 4.90 Å². The third kappa shape index (κ3) is 5.67. The van der Waals surface area contributed by atoms with Crippen molar-refractivity contribution in [2.24, 2.45) is 0 Å². The van der Waals surface area contributed by atoms with Crippen LogP contribution in [0.4, 0.5) is 31.2 Å². The van der Waals surface area contributed by atoms with Crippen molar-refractivity contribution < 1.29 is 8.78 Å². The van der Waals surface area contributed by atoms with Gasteiger partial charge in [0.15, 0.2) is 5.13 Å². The van der Waals surface area contributed by atoms with Gasteiger partial charge in [-0.25, -0.2) is 23.7 Å². The summed E-state index contributed by atoms with van der Waals surface area (Å²) < 4.78 is 26.8. The second-order valence-electron chi connectivity index (χ2n) is 9.40. The number of halogens is 2. The summed E-state index contributed by atoms with van der Waals surface area (Å²) in [7, 11) is 1.82. The van der Waals surface area contributed by atoms with Crippen LogP contribution in [0, 0.1) is 11.6 Å². The van der Waals surface area contributed by atoms with Crippen molar-refractivity contribution in [1.29, 1.82) is 0 Å². The molecule has 0 unspecified atom stereocenters. The van der Waals surface area contributed by atoms with E-state index in [-0.39, 0.29) is 11.6 Å². The number of thiazole rings is 1. The molecule has 7 nitrogen and oxygen atoms in total. The predicted octanol–water partition coefficient (Wildman–Crippen LogP) is 6.14. The average molecular weight is 544 g/mol. The first-order chi connectivity index (χ1) is 19.0. The van der Waals surface area contributed by atoms with E-state index >= 15 is 0 Å². The summed E-state index contributed by atoms with van der Waals surface area (Å²) >= 11 is 1.45. The highest BCUT2D eigenvalue weighted by atomic mass is 32.1. The van der Waals surface area contributed by atoms with Crippen LogP contribution < -0.4 is 15.5 Å². The second kappa shape index (κ2) is 10.9. The quantitative estimate of drug-likeness (QED) is 0.256. The summed E-state index contributed by atoms with van der Waals surface area (Å²) in [6.07, 6.45) is 1.81. The van der Waals surface area contributed by atoms with Crippen LogP contribution in [-0.4, -0.2) is 53.1 Å². The maximum Gasteiger partial charge on any atom is 0.190 e. The Bertz CT molecular complexity index is 1580. The highest BCUT2D eigenvalue weighted by Gasteiger charge is 2.18. The second-order valence-corrected chi connectivity index (χ2v) is 10.4. The fraction of sp³-hybridized carbons (Fsp3) is 0.207. The molecule has 0 saturated carbocycles. The lowest BCUT2D eigenvalue weighted by molar-refractivity contribution is 0.250. The predicted molar refractivity (Wildman–Crippen MR) is 154 cm³/mol. The van der Waals surface area contributed by atoms with E-state index in [2.05, 4.69) is 30.4 Å². The molecule has 0 bridgehead atoms. The lowest BCUT2D eigenvalue weighted by Crippen LogP contribution is -2.45. The van der Waals surface area contributed by atoms with Gasteiger partial charge in [0.2, 0.25) is 0 Å². The van der Waals surface area contributed by atoms with Gasteiger partial charge in [0.25, 0.3) is 0 Å². The molecule has 198 valence electrons. The lowest BCUT2D eigenvalue weighted by atomic mass is 10.1. The third-order valence-electron chi connectivity index (χ3n) is 6.81. The van der Waals surface area contributed by atoms with E-state index in [0.29, 0.717) is 10.9 Å². The molecule has 10 heteroatoms. The molecule has 0 aliphatic carbocycles. The molecule has 6 rings (SSSR count). The van der Waals surface area contributed by atoms with Crippen LogP contribution in [-0.2, 0) is 6.54 Å². The molecule has 0 spiro atoms. The lowest BCUT2D eigenvalue weighted by Gasteiger charge is -2.36. The van der Waals surface area contributed by atoms with E-state index < -0.39 is 0 Å². The van der Waals surface area contributed by atoms with Gasteiger partial charge in [-0.15, -0.1) is 0 Å². The largest absolute Gasteiger partial charge is 0.373 e. The summed E-state index contributed by atoms with van der Waals surface area (Å²) in [6, 6.07) is 19.1. The molecule has 0 amide bonds. The van der Waals surface area contributed by atoms with Crippen LogP contribution in [0.3, 0.4) is 0 Å². The molecule has 3 aromatic heterocycles. The van der Waals surface area contributed by atoms with Crippen molar-refractivity contribution in [2.75, 3.05) is 48.8 Å². The number of rotatable bonds is 7. The zero-order valence-corrected chi connectivity index (χ0v) is 22.2. The monoisotopic (exact) mass is 543 g/mol. The number of piperazine rings is 1. The normalized spacial score (nSPS) is 14.1. The van der Waals surface area contributed by atoms with Crippen molar-refractivity contribution in [3.63, 3.8) is 0 Å². The SMILES string of the molecule is CNc1cc(-c2ccc(F)cc2)c2nc(Nc3cc(CN4CCN(c5ccc(F)cc5)CC4)ccn3)sc2n1. The minimum atomic E-state index is -0.278. The Morgan fingerprint density at radius 2 is 1.56 bits per heavy atom. The summed E-state index contributed by atoms with van der Waals surface area (Å²) in [4.78, 5) is 19.5. The topological polar surface area (TPSA) is 69.2 Å². The molecular weight excluding hydrogens is 516 g/mol.